The van der Waals surface area contributed by atoms with Gasteiger partial charge in [0.25, 0.3) is 0 Å². The minimum Gasteiger partial charge on any atom is -0.469 e. The van der Waals surface area contributed by atoms with Crippen molar-refractivity contribution in [3.63, 3.8) is 0 Å². The maximum Gasteiger partial charge on any atom is 0.307 e. The van der Waals surface area contributed by atoms with E-state index in [0.717, 1.165) is 11.8 Å². The molecule has 0 saturated carbocycles. The molecule has 0 atom stereocenters. The van der Waals surface area contributed by atoms with Crippen molar-refractivity contribution >= 4 is 32.7 Å². The number of carbonyl (C=O) groups excluding carboxylic acids is 2. The van der Waals surface area contributed by atoms with Gasteiger partial charge in [0.2, 0.25) is 5.91 Å². The standard InChI is InChI=1S/C22H25N3O5S/c1-30-22(27)12-13-24(14-17-8-4-3-5-9-17)21(26)15-25-19-11-7-6-10-18(19)23-20(25)16-31(2,28)29/h3-11H,12-16H2,1-2H3. The maximum absolute atomic E-state index is 13.3. The van der Waals surface area contributed by atoms with E-state index < -0.39 is 15.8 Å². The molecule has 0 N–H and O–H groups in total. The Hall–Kier alpha value is -3.20. The maximum atomic E-state index is 13.3. The lowest BCUT2D eigenvalue weighted by molar-refractivity contribution is -0.142. The molecule has 1 amide bonds. The quantitative estimate of drug-likeness (QED) is 0.470. The predicted molar refractivity (Wildman–Crippen MR) is 117 cm³/mol. The van der Waals surface area contributed by atoms with Crippen LogP contribution in [0.15, 0.2) is 54.6 Å². The van der Waals surface area contributed by atoms with Gasteiger partial charge in [0.15, 0.2) is 9.84 Å². The van der Waals surface area contributed by atoms with Crippen LogP contribution in [0.3, 0.4) is 0 Å². The third kappa shape index (κ3) is 6.14. The van der Waals surface area contributed by atoms with Crippen molar-refractivity contribution in [3.8, 4) is 0 Å². The van der Waals surface area contributed by atoms with Gasteiger partial charge in [0.1, 0.15) is 18.1 Å². The number of benzene rings is 2. The first-order valence-corrected chi connectivity index (χ1v) is 11.8. The van der Waals surface area contributed by atoms with E-state index in [4.69, 9.17) is 4.74 Å². The molecule has 0 radical (unpaired) electrons. The molecule has 0 fully saturated rings. The van der Waals surface area contributed by atoms with E-state index in [1.165, 1.54) is 7.11 Å². The van der Waals surface area contributed by atoms with Gasteiger partial charge < -0.3 is 14.2 Å². The fourth-order valence-corrected chi connectivity index (χ4v) is 4.00. The number of fused-ring (bicyclic) bond motifs is 1. The second kappa shape index (κ2) is 9.74. The highest BCUT2D eigenvalue weighted by Gasteiger charge is 2.21. The monoisotopic (exact) mass is 443 g/mol. The summed E-state index contributed by atoms with van der Waals surface area (Å²) in [6.45, 7) is 0.429. The van der Waals surface area contributed by atoms with E-state index in [1.807, 2.05) is 42.5 Å². The van der Waals surface area contributed by atoms with Gasteiger partial charge in [-0.1, -0.05) is 42.5 Å². The van der Waals surface area contributed by atoms with Crippen LogP contribution in [0.4, 0.5) is 0 Å². The number of amides is 1. The Morgan fingerprint density at radius 3 is 2.42 bits per heavy atom. The highest BCUT2D eigenvalue weighted by Crippen LogP contribution is 2.18. The Bertz CT molecular complexity index is 1170. The van der Waals surface area contributed by atoms with Crippen LogP contribution in [-0.2, 0) is 43.0 Å². The van der Waals surface area contributed by atoms with Crippen molar-refractivity contribution < 1.29 is 22.7 Å². The number of hydrogen-bond donors (Lipinski definition) is 0. The SMILES string of the molecule is COC(=O)CCN(Cc1ccccc1)C(=O)Cn1c(CS(C)(=O)=O)nc2ccccc21. The zero-order chi connectivity index (χ0) is 22.4. The number of sulfone groups is 1. The smallest absolute Gasteiger partial charge is 0.307 e. The number of hydrogen-bond acceptors (Lipinski definition) is 6. The van der Waals surface area contributed by atoms with E-state index >= 15 is 0 Å². The topological polar surface area (TPSA) is 98.6 Å². The normalized spacial score (nSPS) is 11.4. The summed E-state index contributed by atoms with van der Waals surface area (Å²) in [5.74, 6) is -0.609. The lowest BCUT2D eigenvalue weighted by Crippen LogP contribution is -2.35. The Balaban J connectivity index is 1.90. The van der Waals surface area contributed by atoms with E-state index in [2.05, 4.69) is 4.98 Å². The number of ether oxygens (including phenoxy) is 1. The van der Waals surface area contributed by atoms with Crippen LogP contribution in [0, 0.1) is 0 Å². The zero-order valence-corrected chi connectivity index (χ0v) is 18.3. The van der Waals surface area contributed by atoms with Gasteiger partial charge in [0.05, 0.1) is 24.6 Å². The van der Waals surface area contributed by atoms with Gasteiger partial charge >= 0.3 is 5.97 Å². The molecule has 0 bridgehead atoms. The van der Waals surface area contributed by atoms with Gasteiger partial charge in [-0.05, 0) is 17.7 Å². The van der Waals surface area contributed by atoms with Crippen LogP contribution < -0.4 is 0 Å². The lowest BCUT2D eigenvalue weighted by Gasteiger charge is -2.23. The van der Waals surface area contributed by atoms with E-state index in [1.54, 1.807) is 21.6 Å². The molecule has 3 rings (SSSR count). The third-order valence-electron chi connectivity index (χ3n) is 4.80. The number of rotatable bonds is 9. The van der Waals surface area contributed by atoms with Gasteiger partial charge in [-0.3, -0.25) is 9.59 Å². The Morgan fingerprint density at radius 2 is 1.74 bits per heavy atom. The van der Waals surface area contributed by atoms with E-state index in [0.29, 0.717) is 23.4 Å². The molecule has 3 aromatic rings. The number of esters is 1. The van der Waals surface area contributed by atoms with Crippen molar-refractivity contribution in [2.45, 2.75) is 25.3 Å². The van der Waals surface area contributed by atoms with Crippen molar-refractivity contribution in [1.82, 2.24) is 14.5 Å². The highest BCUT2D eigenvalue weighted by molar-refractivity contribution is 7.89. The largest absolute Gasteiger partial charge is 0.469 e. The van der Waals surface area contributed by atoms with E-state index in [9.17, 15) is 18.0 Å². The van der Waals surface area contributed by atoms with Crippen molar-refractivity contribution in [2.24, 2.45) is 0 Å². The molecule has 31 heavy (non-hydrogen) atoms. The molecule has 1 heterocycles. The summed E-state index contributed by atoms with van der Waals surface area (Å²) >= 11 is 0. The molecule has 8 nitrogen and oxygen atoms in total. The molecule has 0 aliphatic rings. The first kappa shape index (κ1) is 22.5. The number of aromatic nitrogens is 2. The van der Waals surface area contributed by atoms with E-state index in [-0.39, 0.29) is 31.2 Å². The second-order valence-corrected chi connectivity index (χ2v) is 9.44. The van der Waals surface area contributed by atoms with Crippen LogP contribution >= 0.6 is 0 Å². The molecule has 0 saturated heterocycles. The van der Waals surface area contributed by atoms with Crippen molar-refractivity contribution in [1.29, 1.82) is 0 Å². The zero-order valence-electron chi connectivity index (χ0n) is 17.5. The molecule has 0 aliphatic carbocycles. The number of nitrogens with zero attached hydrogens (tertiary/aromatic N) is 3. The third-order valence-corrected chi connectivity index (χ3v) is 5.58. The van der Waals surface area contributed by atoms with Crippen LogP contribution in [0.1, 0.15) is 17.8 Å². The summed E-state index contributed by atoms with van der Waals surface area (Å²) in [6, 6.07) is 16.7. The molecule has 164 valence electrons. The molecular weight excluding hydrogens is 418 g/mol. The molecular formula is C22H25N3O5S. The average Bonchev–Trinajstić information content (AvgIpc) is 3.06. The molecule has 2 aromatic carbocycles. The summed E-state index contributed by atoms with van der Waals surface area (Å²) in [6.07, 6.45) is 1.20. The molecule has 0 unspecified atom stereocenters. The Morgan fingerprint density at radius 1 is 1.06 bits per heavy atom. The summed E-state index contributed by atoms with van der Waals surface area (Å²) in [5, 5.41) is 0. The van der Waals surface area contributed by atoms with Gasteiger partial charge in [-0.2, -0.15) is 0 Å². The first-order chi connectivity index (χ1) is 14.8. The van der Waals surface area contributed by atoms with Gasteiger partial charge in [-0.25, -0.2) is 13.4 Å². The van der Waals surface area contributed by atoms with Crippen molar-refractivity contribution in [3.05, 3.63) is 66.0 Å². The first-order valence-electron chi connectivity index (χ1n) is 9.77. The minimum atomic E-state index is -3.35. The fraction of sp³-hybridized carbons (Fsp3) is 0.318. The van der Waals surface area contributed by atoms with Crippen LogP contribution in [0.25, 0.3) is 11.0 Å². The molecule has 0 spiro atoms. The molecule has 0 aliphatic heterocycles. The number of methoxy groups -OCH3 is 1. The summed E-state index contributed by atoms with van der Waals surface area (Å²) in [7, 11) is -2.04. The highest BCUT2D eigenvalue weighted by atomic mass is 32.2. The summed E-state index contributed by atoms with van der Waals surface area (Å²) in [4.78, 5) is 30.9. The summed E-state index contributed by atoms with van der Waals surface area (Å²) < 4.78 is 30.1. The van der Waals surface area contributed by atoms with Crippen LogP contribution in [0.2, 0.25) is 0 Å². The van der Waals surface area contributed by atoms with Gasteiger partial charge in [-0.15, -0.1) is 0 Å². The van der Waals surface area contributed by atoms with Crippen LogP contribution in [0.5, 0.6) is 0 Å². The van der Waals surface area contributed by atoms with Gasteiger partial charge in [0, 0.05) is 19.3 Å². The Kier molecular flexibility index (Phi) is 7.06. The predicted octanol–water partition coefficient (Wildman–Crippen LogP) is 2.17. The number of imidazole rings is 1. The molecule has 9 heteroatoms. The Labute approximate surface area is 181 Å². The summed E-state index contributed by atoms with van der Waals surface area (Å²) in [5.41, 5.74) is 2.23. The lowest BCUT2D eigenvalue weighted by atomic mass is 10.2. The molecule has 1 aromatic heterocycles. The second-order valence-electron chi connectivity index (χ2n) is 7.30. The fourth-order valence-electron chi connectivity index (χ4n) is 3.31. The van der Waals surface area contributed by atoms with Crippen LogP contribution in [-0.4, -0.2) is 54.7 Å². The number of carbonyl (C=O) groups is 2. The average molecular weight is 444 g/mol. The van der Waals surface area contributed by atoms with Crippen molar-refractivity contribution in [2.75, 3.05) is 19.9 Å². The number of para-hydroxylation sites is 2. The minimum absolute atomic E-state index is 0.0654.